The molecule has 0 saturated carbocycles. The molecule has 0 spiro atoms. The van der Waals surface area contributed by atoms with Crippen LogP contribution in [0.15, 0.2) is 127 Å². The molecule has 0 atom stereocenters. The Labute approximate surface area is 190 Å². The summed E-state index contributed by atoms with van der Waals surface area (Å²) < 4.78 is 4.69. The third-order valence-corrected chi connectivity index (χ3v) is 16.0. The van der Waals surface area contributed by atoms with Crippen LogP contribution in [0.25, 0.3) is 32.3 Å². The fraction of sp³-hybridized carbons (Fsp3) is 0. The summed E-state index contributed by atoms with van der Waals surface area (Å²) in [6.45, 7) is 0. The number of rotatable bonds is 3. The van der Waals surface area contributed by atoms with Crippen LogP contribution in [0.1, 0.15) is 0 Å². The molecule has 0 unspecified atom stereocenters. The SMILES string of the molecule is c1ccc2[c]([In]([c]3cccc4ccccc34)[c]3cccc4ccccc34)cccc2c1. The molecule has 0 aliphatic heterocycles. The maximum atomic E-state index is 2.40. The van der Waals surface area contributed by atoms with Crippen LogP contribution in [0.2, 0.25) is 0 Å². The molecule has 0 aliphatic carbocycles. The van der Waals surface area contributed by atoms with Crippen LogP contribution in [0.4, 0.5) is 0 Å². The van der Waals surface area contributed by atoms with Crippen molar-refractivity contribution in [3.05, 3.63) is 127 Å². The van der Waals surface area contributed by atoms with Gasteiger partial charge in [-0.15, -0.1) is 0 Å². The molecule has 0 aliphatic rings. The molecule has 6 aromatic rings. The average Bonchev–Trinajstić information content (AvgIpc) is 2.85. The van der Waals surface area contributed by atoms with Crippen molar-refractivity contribution in [1.29, 1.82) is 0 Å². The van der Waals surface area contributed by atoms with Crippen molar-refractivity contribution in [2.45, 2.75) is 0 Å². The summed E-state index contributed by atoms with van der Waals surface area (Å²) in [6.07, 6.45) is 0. The van der Waals surface area contributed by atoms with Crippen LogP contribution < -0.4 is 9.96 Å². The molecule has 0 aromatic heterocycles. The molecule has 0 radical (unpaired) electrons. The topological polar surface area (TPSA) is 0 Å². The van der Waals surface area contributed by atoms with E-state index in [2.05, 4.69) is 127 Å². The third-order valence-electron chi connectivity index (χ3n) is 6.40. The average molecular weight is 496 g/mol. The molecule has 0 bridgehead atoms. The fourth-order valence-electron chi connectivity index (χ4n) is 5.01. The zero-order valence-corrected chi connectivity index (χ0v) is 20.5. The number of benzene rings is 6. The Morgan fingerprint density at radius 2 is 0.581 bits per heavy atom. The molecule has 0 nitrogen and oxygen atoms in total. The summed E-state index contributed by atoms with van der Waals surface area (Å²) in [6, 6.07) is 47.3. The summed E-state index contributed by atoms with van der Waals surface area (Å²) in [5, 5.41) is 8.23. The second-order valence-corrected chi connectivity index (χ2v) is 15.9. The zero-order valence-electron chi connectivity index (χ0n) is 17.2. The van der Waals surface area contributed by atoms with Crippen molar-refractivity contribution < 1.29 is 0 Å². The van der Waals surface area contributed by atoms with Crippen molar-refractivity contribution in [3.63, 3.8) is 0 Å². The molecule has 1 heteroatoms. The monoisotopic (exact) mass is 496 g/mol. The first-order valence-corrected chi connectivity index (χ1v) is 15.8. The molecule has 0 saturated heterocycles. The second kappa shape index (κ2) is 7.90. The standard InChI is InChI=1S/3C10H7.In/c3*1-2-6-10-8-4-3-7-9(10)5-1;/h3*1-7H;. The van der Waals surface area contributed by atoms with Crippen molar-refractivity contribution in [2.75, 3.05) is 0 Å². The zero-order chi connectivity index (χ0) is 20.6. The summed E-state index contributed by atoms with van der Waals surface area (Å²) in [7, 11) is 0. The van der Waals surface area contributed by atoms with E-state index in [0.29, 0.717) is 0 Å². The van der Waals surface area contributed by atoms with Gasteiger partial charge in [-0.25, -0.2) is 0 Å². The van der Waals surface area contributed by atoms with Gasteiger partial charge in [-0.3, -0.25) is 0 Å². The third kappa shape index (κ3) is 3.25. The van der Waals surface area contributed by atoms with Gasteiger partial charge in [0.15, 0.2) is 0 Å². The molecule has 0 amide bonds. The number of hydrogen-bond donors (Lipinski definition) is 0. The normalized spacial score (nSPS) is 11.2. The Bertz CT molecular complexity index is 1340. The van der Waals surface area contributed by atoms with E-state index in [1.165, 1.54) is 32.3 Å². The minimum absolute atomic E-state index is 1.34. The van der Waals surface area contributed by atoms with Gasteiger partial charge in [0.2, 0.25) is 0 Å². The quantitative estimate of drug-likeness (QED) is 0.297. The van der Waals surface area contributed by atoms with E-state index in [1.807, 2.05) is 0 Å². The van der Waals surface area contributed by atoms with Gasteiger partial charge in [-0.2, -0.15) is 0 Å². The van der Waals surface area contributed by atoms with Crippen molar-refractivity contribution >= 4 is 63.7 Å². The predicted molar refractivity (Wildman–Crippen MR) is 136 cm³/mol. The molecule has 0 heterocycles. The molecule has 6 aromatic carbocycles. The molecule has 31 heavy (non-hydrogen) atoms. The minimum atomic E-state index is -2.73. The van der Waals surface area contributed by atoms with E-state index in [-0.39, 0.29) is 0 Å². The summed E-state index contributed by atoms with van der Waals surface area (Å²) in [5.41, 5.74) is 0. The first kappa shape index (κ1) is 18.7. The molecule has 144 valence electrons. The maximum absolute atomic E-state index is 2.73. The molecule has 0 fully saturated rings. The van der Waals surface area contributed by atoms with Gasteiger partial charge in [0.1, 0.15) is 0 Å². The molecular formula is C30H21In. The Morgan fingerprint density at radius 1 is 0.290 bits per heavy atom. The van der Waals surface area contributed by atoms with E-state index in [0.717, 1.165) is 0 Å². The Hall–Kier alpha value is -3.03. The van der Waals surface area contributed by atoms with Crippen LogP contribution in [-0.4, -0.2) is 21.4 Å². The fourth-order valence-corrected chi connectivity index (χ4v) is 15.4. The molecule has 0 N–H and O–H groups in total. The summed E-state index contributed by atoms with van der Waals surface area (Å²) in [4.78, 5) is 0. The van der Waals surface area contributed by atoms with Gasteiger partial charge in [0.25, 0.3) is 0 Å². The Kier molecular flexibility index (Phi) is 4.77. The van der Waals surface area contributed by atoms with Gasteiger partial charge in [0, 0.05) is 0 Å². The first-order chi connectivity index (χ1) is 15.4. The number of hydrogen-bond acceptors (Lipinski definition) is 0. The molecular weight excluding hydrogens is 475 g/mol. The van der Waals surface area contributed by atoms with Gasteiger partial charge in [0.05, 0.1) is 0 Å². The van der Waals surface area contributed by atoms with E-state index in [1.54, 1.807) is 9.96 Å². The summed E-state index contributed by atoms with van der Waals surface area (Å²) in [5.74, 6) is 0. The van der Waals surface area contributed by atoms with Gasteiger partial charge < -0.3 is 0 Å². The summed E-state index contributed by atoms with van der Waals surface area (Å²) >= 11 is -2.73. The predicted octanol–water partition coefficient (Wildman–Crippen LogP) is 5.66. The van der Waals surface area contributed by atoms with Crippen molar-refractivity contribution in [2.24, 2.45) is 0 Å². The second-order valence-electron chi connectivity index (χ2n) is 8.14. The molecule has 6 rings (SSSR count). The van der Waals surface area contributed by atoms with Crippen LogP contribution >= 0.6 is 0 Å². The number of fused-ring (bicyclic) bond motifs is 3. The van der Waals surface area contributed by atoms with Crippen LogP contribution in [0.5, 0.6) is 0 Å². The Balaban J connectivity index is 1.75. The van der Waals surface area contributed by atoms with E-state index in [4.69, 9.17) is 0 Å². The Morgan fingerprint density at radius 3 is 0.935 bits per heavy atom. The van der Waals surface area contributed by atoms with E-state index in [9.17, 15) is 0 Å². The van der Waals surface area contributed by atoms with E-state index >= 15 is 0 Å². The van der Waals surface area contributed by atoms with Gasteiger partial charge in [-0.1, -0.05) is 0 Å². The van der Waals surface area contributed by atoms with Crippen LogP contribution in [-0.2, 0) is 0 Å². The van der Waals surface area contributed by atoms with E-state index < -0.39 is 21.4 Å². The van der Waals surface area contributed by atoms with Gasteiger partial charge >= 0.3 is 191 Å². The van der Waals surface area contributed by atoms with Crippen LogP contribution in [0, 0.1) is 0 Å². The van der Waals surface area contributed by atoms with Crippen molar-refractivity contribution in [1.82, 2.24) is 0 Å². The van der Waals surface area contributed by atoms with Crippen molar-refractivity contribution in [3.8, 4) is 0 Å². The first-order valence-electron chi connectivity index (χ1n) is 10.8. The van der Waals surface area contributed by atoms with Crippen LogP contribution in [0.3, 0.4) is 0 Å². The van der Waals surface area contributed by atoms with Gasteiger partial charge in [-0.05, 0) is 0 Å².